The maximum absolute atomic E-state index is 13.2. The first-order valence-corrected chi connectivity index (χ1v) is 9.19. The Morgan fingerprint density at radius 2 is 1.60 bits per heavy atom. The van der Waals surface area contributed by atoms with E-state index in [4.69, 9.17) is 0 Å². The van der Waals surface area contributed by atoms with Crippen LogP contribution >= 0.6 is 15.9 Å². The van der Waals surface area contributed by atoms with E-state index in [1.54, 1.807) is 6.92 Å². The molecule has 1 heterocycles. The normalized spacial score (nSPS) is 16.3. The standard InChI is InChI=1S/C20H21BrN2O2/c1-15(24)23-13-11-20(12-14-23,16-5-3-2-4-6-16)19(25)22-18-9-7-17(21)8-10-18/h2-10H,11-14H2,1H3,(H,22,25). The number of nitrogens with zero attached hydrogens (tertiary/aromatic N) is 1. The summed E-state index contributed by atoms with van der Waals surface area (Å²) in [5, 5.41) is 3.06. The topological polar surface area (TPSA) is 49.4 Å². The average Bonchev–Trinajstić information content (AvgIpc) is 2.64. The third-order valence-electron chi connectivity index (χ3n) is 4.93. The number of likely N-dealkylation sites (tertiary alicyclic amines) is 1. The molecule has 25 heavy (non-hydrogen) atoms. The van der Waals surface area contributed by atoms with Crippen molar-refractivity contribution in [1.29, 1.82) is 0 Å². The van der Waals surface area contributed by atoms with Gasteiger partial charge in [-0.2, -0.15) is 0 Å². The van der Waals surface area contributed by atoms with E-state index in [1.807, 2.05) is 59.5 Å². The van der Waals surface area contributed by atoms with Crippen LogP contribution in [-0.4, -0.2) is 29.8 Å². The lowest BCUT2D eigenvalue weighted by Gasteiger charge is -2.40. The van der Waals surface area contributed by atoms with E-state index in [2.05, 4.69) is 21.2 Å². The molecule has 1 saturated heterocycles. The molecular weight excluding hydrogens is 380 g/mol. The number of rotatable bonds is 3. The number of anilines is 1. The number of carbonyl (C=O) groups is 2. The molecule has 3 rings (SSSR count). The molecule has 2 aromatic carbocycles. The summed E-state index contributed by atoms with van der Waals surface area (Å²) in [5.41, 5.74) is 1.17. The zero-order valence-corrected chi connectivity index (χ0v) is 15.8. The molecule has 0 saturated carbocycles. The third kappa shape index (κ3) is 3.76. The lowest BCUT2D eigenvalue weighted by Crippen LogP contribution is -2.50. The largest absolute Gasteiger partial charge is 0.343 e. The van der Waals surface area contributed by atoms with Crippen LogP contribution in [0, 0.1) is 0 Å². The van der Waals surface area contributed by atoms with Crippen molar-refractivity contribution >= 4 is 33.4 Å². The molecule has 0 radical (unpaired) electrons. The highest BCUT2D eigenvalue weighted by molar-refractivity contribution is 9.10. The Kier molecular flexibility index (Phi) is 5.23. The molecule has 130 valence electrons. The second kappa shape index (κ2) is 7.40. The van der Waals surface area contributed by atoms with Crippen LogP contribution in [-0.2, 0) is 15.0 Å². The summed E-state index contributed by atoms with van der Waals surface area (Å²) in [7, 11) is 0. The summed E-state index contributed by atoms with van der Waals surface area (Å²) in [5.74, 6) is 0.0548. The van der Waals surface area contributed by atoms with Crippen LogP contribution < -0.4 is 5.32 Å². The number of hydrogen-bond donors (Lipinski definition) is 1. The van der Waals surface area contributed by atoms with Crippen molar-refractivity contribution in [3.63, 3.8) is 0 Å². The first-order chi connectivity index (χ1) is 12.0. The highest BCUT2D eigenvalue weighted by Crippen LogP contribution is 2.37. The molecule has 0 unspecified atom stereocenters. The predicted octanol–water partition coefficient (Wildman–Crippen LogP) is 3.97. The minimum atomic E-state index is -0.611. The molecule has 1 fully saturated rings. The smallest absolute Gasteiger partial charge is 0.235 e. The van der Waals surface area contributed by atoms with E-state index in [0.29, 0.717) is 25.9 Å². The first kappa shape index (κ1) is 17.7. The van der Waals surface area contributed by atoms with Crippen molar-refractivity contribution in [2.24, 2.45) is 0 Å². The van der Waals surface area contributed by atoms with Crippen molar-refractivity contribution in [3.05, 3.63) is 64.6 Å². The summed E-state index contributed by atoms with van der Waals surface area (Å²) in [6, 6.07) is 17.5. The predicted molar refractivity (Wildman–Crippen MR) is 102 cm³/mol. The number of nitrogens with one attached hydrogen (secondary N) is 1. The van der Waals surface area contributed by atoms with Crippen molar-refractivity contribution in [2.45, 2.75) is 25.2 Å². The SMILES string of the molecule is CC(=O)N1CCC(C(=O)Nc2ccc(Br)cc2)(c2ccccc2)CC1. The van der Waals surface area contributed by atoms with Gasteiger partial charge in [-0.15, -0.1) is 0 Å². The highest BCUT2D eigenvalue weighted by atomic mass is 79.9. The number of carbonyl (C=O) groups excluding carboxylic acids is 2. The van der Waals surface area contributed by atoms with Gasteiger partial charge in [-0.25, -0.2) is 0 Å². The fourth-order valence-electron chi connectivity index (χ4n) is 3.39. The number of piperidine rings is 1. The summed E-state index contributed by atoms with van der Waals surface area (Å²) in [6.45, 7) is 2.77. The lowest BCUT2D eigenvalue weighted by molar-refractivity contribution is -0.133. The van der Waals surface area contributed by atoms with Gasteiger partial charge in [-0.1, -0.05) is 46.3 Å². The van der Waals surface area contributed by atoms with Crippen LogP contribution in [0.4, 0.5) is 5.69 Å². The fourth-order valence-corrected chi connectivity index (χ4v) is 3.66. The monoisotopic (exact) mass is 400 g/mol. The van der Waals surface area contributed by atoms with Gasteiger partial charge >= 0.3 is 0 Å². The summed E-state index contributed by atoms with van der Waals surface area (Å²) in [6.07, 6.45) is 1.25. The number of hydrogen-bond acceptors (Lipinski definition) is 2. The van der Waals surface area contributed by atoms with Gasteiger partial charge in [0.2, 0.25) is 11.8 Å². The van der Waals surface area contributed by atoms with Crippen molar-refractivity contribution < 1.29 is 9.59 Å². The average molecular weight is 401 g/mol. The second-order valence-corrected chi connectivity index (χ2v) is 7.33. The molecule has 1 aliphatic rings. The van der Waals surface area contributed by atoms with E-state index in [9.17, 15) is 9.59 Å². The van der Waals surface area contributed by atoms with Crippen LogP contribution in [0.3, 0.4) is 0 Å². The molecule has 2 aromatic rings. The van der Waals surface area contributed by atoms with E-state index in [0.717, 1.165) is 15.7 Å². The molecule has 1 aliphatic heterocycles. The maximum atomic E-state index is 13.2. The summed E-state index contributed by atoms with van der Waals surface area (Å²) < 4.78 is 0.970. The zero-order chi connectivity index (χ0) is 17.9. The Balaban J connectivity index is 1.88. The molecule has 1 N–H and O–H groups in total. The summed E-state index contributed by atoms with van der Waals surface area (Å²) >= 11 is 3.41. The first-order valence-electron chi connectivity index (χ1n) is 8.39. The zero-order valence-electron chi connectivity index (χ0n) is 14.2. The van der Waals surface area contributed by atoms with Gasteiger partial charge in [0.25, 0.3) is 0 Å². The molecule has 0 spiro atoms. The van der Waals surface area contributed by atoms with Crippen LogP contribution in [0.1, 0.15) is 25.3 Å². The van der Waals surface area contributed by atoms with Crippen LogP contribution in [0.15, 0.2) is 59.1 Å². The number of halogens is 1. The van der Waals surface area contributed by atoms with Gasteiger partial charge in [-0.3, -0.25) is 9.59 Å². The van der Waals surface area contributed by atoms with Crippen molar-refractivity contribution in [2.75, 3.05) is 18.4 Å². The lowest BCUT2D eigenvalue weighted by atomic mass is 9.72. The third-order valence-corrected chi connectivity index (χ3v) is 5.45. The maximum Gasteiger partial charge on any atom is 0.235 e. The Labute approximate surface area is 156 Å². The van der Waals surface area contributed by atoms with Gasteiger partial charge in [-0.05, 0) is 42.7 Å². The molecule has 0 aliphatic carbocycles. The van der Waals surface area contributed by atoms with Gasteiger partial charge in [0, 0.05) is 30.2 Å². The Morgan fingerprint density at radius 1 is 1.00 bits per heavy atom. The molecule has 5 heteroatoms. The second-order valence-electron chi connectivity index (χ2n) is 6.42. The molecule has 4 nitrogen and oxygen atoms in total. The van der Waals surface area contributed by atoms with Crippen molar-refractivity contribution in [1.82, 2.24) is 4.90 Å². The Hall–Kier alpha value is -2.14. The Morgan fingerprint density at radius 3 is 2.16 bits per heavy atom. The minimum Gasteiger partial charge on any atom is -0.343 e. The molecular formula is C20H21BrN2O2. The highest BCUT2D eigenvalue weighted by Gasteiger charge is 2.43. The quantitative estimate of drug-likeness (QED) is 0.846. The van der Waals surface area contributed by atoms with Gasteiger partial charge in [0.05, 0.1) is 5.41 Å². The van der Waals surface area contributed by atoms with Crippen LogP contribution in [0.5, 0.6) is 0 Å². The van der Waals surface area contributed by atoms with E-state index >= 15 is 0 Å². The van der Waals surface area contributed by atoms with Crippen LogP contribution in [0.2, 0.25) is 0 Å². The molecule has 0 bridgehead atoms. The van der Waals surface area contributed by atoms with E-state index in [-0.39, 0.29) is 11.8 Å². The minimum absolute atomic E-state index is 0.00998. The number of amides is 2. The molecule has 0 aromatic heterocycles. The Bertz CT molecular complexity index is 751. The van der Waals surface area contributed by atoms with Gasteiger partial charge < -0.3 is 10.2 Å². The number of benzene rings is 2. The van der Waals surface area contributed by atoms with Gasteiger partial charge in [0.1, 0.15) is 0 Å². The van der Waals surface area contributed by atoms with E-state index < -0.39 is 5.41 Å². The van der Waals surface area contributed by atoms with E-state index in [1.165, 1.54) is 0 Å². The fraction of sp³-hybridized carbons (Fsp3) is 0.300. The molecule has 2 amide bonds. The van der Waals surface area contributed by atoms with Crippen LogP contribution in [0.25, 0.3) is 0 Å². The summed E-state index contributed by atoms with van der Waals surface area (Å²) in [4.78, 5) is 26.7. The van der Waals surface area contributed by atoms with Gasteiger partial charge in [0.15, 0.2) is 0 Å². The van der Waals surface area contributed by atoms with Crippen molar-refractivity contribution in [3.8, 4) is 0 Å². The molecule has 0 atom stereocenters.